The number of hydrogen-bond donors (Lipinski definition) is 1. The van der Waals surface area contributed by atoms with Gasteiger partial charge in [-0.1, -0.05) is 23.7 Å². The van der Waals surface area contributed by atoms with Gasteiger partial charge < -0.3 is 5.73 Å². The lowest BCUT2D eigenvalue weighted by Gasteiger charge is -1.98. The smallest absolute Gasteiger partial charge is 0.184 e. The van der Waals surface area contributed by atoms with E-state index in [9.17, 15) is 0 Å². The van der Waals surface area contributed by atoms with E-state index in [1.807, 2.05) is 24.3 Å². The van der Waals surface area contributed by atoms with Gasteiger partial charge in [0.25, 0.3) is 0 Å². The molecule has 0 aliphatic carbocycles. The van der Waals surface area contributed by atoms with Crippen LogP contribution in [0.1, 0.15) is 0 Å². The Morgan fingerprint density at radius 2 is 2.00 bits per heavy atom. The second-order valence-corrected chi connectivity index (χ2v) is 4.11. The molecule has 17 heavy (non-hydrogen) atoms. The Kier molecular flexibility index (Phi) is 2.23. The van der Waals surface area contributed by atoms with Gasteiger partial charge >= 0.3 is 0 Å². The lowest BCUT2D eigenvalue weighted by atomic mass is 10.2. The molecule has 5 heteroatoms. The third kappa shape index (κ3) is 1.72. The van der Waals surface area contributed by atoms with Gasteiger partial charge in [0, 0.05) is 28.5 Å². The summed E-state index contributed by atoms with van der Waals surface area (Å²) < 4.78 is 1.67. The van der Waals surface area contributed by atoms with Crippen LogP contribution < -0.4 is 5.73 Å². The standard InChI is InChI=1S/C12H9ClN4/c13-8-5-6-17-11(7-8)15-12(16-17)9-3-1-2-4-10(9)14/h1-7H,14H2. The monoisotopic (exact) mass is 244 g/mol. The number of fused-ring (bicyclic) bond motifs is 1. The Bertz CT molecular complexity index is 690. The van der Waals surface area contributed by atoms with Crippen LogP contribution in [0.4, 0.5) is 5.69 Å². The number of para-hydroxylation sites is 1. The number of nitrogens with two attached hydrogens (primary N) is 1. The average molecular weight is 245 g/mol. The Morgan fingerprint density at radius 3 is 2.82 bits per heavy atom. The van der Waals surface area contributed by atoms with Crippen molar-refractivity contribution < 1.29 is 0 Å². The summed E-state index contributed by atoms with van der Waals surface area (Å²) in [6.45, 7) is 0. The van der Waals surface area contributed by atoms with Crippen LogP contribution in [0, 0.1) is 0 Å². The molecule has 3 aromatic rings. The SMILES string of the molecule is Nc1ccccc1-c1nc2cc(Cl)ccn2n1. The summed E-state index contributed by atoms with van der Waals surface area (Å²) in [7, 11) is 0. The van der Waals surface area contributed by atoms with E-state index in [2.05, 4.69) is 10.1 Å². The van der Waals surface area contributed by atoms with Gasteiger partial charge in [-0.15, -0.1) is 5.10 Å². The van der Waals surface area contributed by atoms with Gasteiger partial charge in [0.15, 0.2) is 11.5 Å². The molecule has 1 aromatic carbocycles. The predicted octanol–water partition coefficient (Wildman–Crippen LogP) is 2.63. The van der Waals surface area contributed by atoms with Crippen LogP contribution in [0.15, 0.2) is 42.6 Å². The molecule has 0 saturated heterocycles. The van der Waals surface area contributed by atoms with Gasteiger partial charge in [-0.2, -0.15) is 0 Å². The summed E-state index contributed by atoms with van der Waals surface area (Å²) in [4.78, 5) is 4.39. The Morgan fingerprint density at radius 1 is 1.18 bits per heavy atom. The molecule has 2 N–H and O–H groups in total. The van der Waals surface area contributed by atoms with Gasteiger partial charge in [-0.25, -0.2) is 9.50 Å². The largest absolute Gasteiger partial charge is 0.398 e. The Balaban J connectivity index is 2.22. The molecule has 0 atom stereocenters. The van der Waals surface area contributed by atoms with Crippen LogP contribution in [0.5, 0.6) is 0 Å². The number of hydrogen-bond acceptors (Lipinski definition) is 3. The normalized spacial score (nSPS) is 10.9. The van der Waals surface area contributed by atoms with Crippen molar-refractivity contribution in [3.05, 3.63) is 47.6 Å². The quantitative estimate of drug-likeness (QED) is 0.670. The van der Waals surface area contributed by atoms with E-state index < -0.39 is 0 Å². The minimum Gasteiger partial charge on any atom is -0.398 e. The molecule has 0 bridgehead atoms. The summed E-state index contributed by atoms with van der Waals surface area (Å²) in [6, 6.07) is 11.0. The molecule has 2 aromatic heterocycles. The maximum absolute atomic E-state index is 5.90. The fourth-order valence-corrected chi connectivity index (χ4v) is 1.83. The van der Waals surface area contributed by atoms with E-state index in [-0.39, 0.29) is 0 Å². The number of aromatic nitrogens is 3. The predicted molar refractivity (Wildman–Crippen MR) is 67.8 cm³/mol. The highest BCUT2D eigenvalue weighted by Crippen LogP contribution is 2.23. The number of halogens is 1. The number of nitrogen functional groups attached to an aromatic ring is 1. The first-order chi connectivity index (χ1) is 8.24. The summed E-state index contributed by atoms with van der Waals surface area (Å²) in [5.74, 6) is 0.602. The summed E-state index contributed by atoms with van der Waals surface area (Å²) >= 11 is 5.90. The van der Waals surface area contributed by atoms with Gasteiger partial charge in [-0.05, 0) is 18.2 Å². The maximum atomic E-state index is 5.90. The van der Waals surface area contributed by atoms with Gasteiger partial charge in [0.2, 0.25) is 0 Å². The molecule has 84 valence electrons. The Labute approximate surface area is 103 Å². The highest BCUT2D eigenvalue weighted by atomic mass is 35.5. The number of nitrogens with zero attached hydrogens (tertiary/aromatic N) is 3. The first-order valence-electron chi connectivity index (χ1n) is 5.11. The van der Waals surface area contributed by atoms with E-state index in [1.165, 1.54) is 0 Å². The highest BCUT2D eigenvalue weighted by molar-refractivity contribution is 6.30. The van der Waals surface area contributed by atoms with Crippen molar-refractivity contribution in [2.24, 2.45) is 0 Å². The highest BCUT2D eigenvalue weighted by Gasteiger charge is 2.08. The molecule has 0 aliphatic rings. The first kappa shape index (κ1) is 10.1. The number of pyridine rings is 1. The van der Waals surface area contributed by atoms with Crippen LogP contribution in [-0.2, 0) is 0 Å². The zero-order chi connectivity index (χ0) is 11.8. The summed E-state index contributed by atoms with van der Waals surface area (Å²) in [5.41, 5.74) is 8.08. The van der Waals surface area contributed by atoms with Crippen molar-refractivity contribution in [1.29, 1.82) is 0 Å². The fraction of sp³-hybridized carbons (Fsp3) is 0. The number of benzene rings is 1. The molecule has 0 unspecified atom stereocenters. The Hall–Kier alpha value is -2.07. The minimum atomic E-state index is 0.602. The lowest BCUT2D eigenvalue weighted by molar-refractivity contribution is 0.966. The molecule has 0 spiro atoms. The molecule has 0 aliphatic heterocycles. The number of rotatable bonds is 1. The molecule has 4 nitrogen and oxygen atoms in total. The lowest BCUT2D eigenvalue weighted by Crippen LogP contribution is -1.91. The molecule has 3 rings (SSSR count). The molecular weight excluding hydrogens is 236 g/mol. The van der Waals surface area contributed by atoms with Crippen LogP contribution in [0.2, 0.25) is 5.02 Å². The number of anilines is 1. The average Bonchev–Trinajstić information content (AvgIpc) is 2.72. The van der Waals surface area contributed by atoms with Crippen molar-refractivity contribution in [2.45, 2.75) is 0 Å². The first-order valence-corrected chi connectivity index (χ1v) is 5.48. The zero-order valence-electron chi connectivity index (χ0n) is 8.84. The van der Waals surface area contributed by atoms with E-state index in [0.717, 1.165) is 5.56 Å². The molecule has 2 heterocycles. The van der Waals surface area contributed by atoms with Crippen LogP contribution in [0.3, 0.4) is 0 Å². The van der Waals surface area contributed by atoms with Crippen LogP contribution >= 0.6 is 11.6 Å². The summed E-state index contributed by atoms with van der Waals surface area (Å²) in [5, 5.41) is 4.99. The van der Waals surface area contributed by atoms with E-state index in [0.29, 0.717) is 22.2 Å². The van der Waals surface area contributed by atoms with Crippen LogP contribution in [0.25, 0.3) is 17.0 Å². The fourth-order valence-electron chi connectivity index (χ4n) is 1.67. The van der Waals surface area contributed by atoms with E-state index in [1.54, 1.807) is 22.8 Å². The molecule has 0 radical (unpaired) electrons. The topological polar surface area (TPSA) is 56.2 Å². The van der Waals surface area contributed by atoms with Crippen molar-refractivity contribution in [3.63, 3.8) is 0 Å². The maximum Gasteiger partial charge on any atom is 0.184 e. The molecular formula is C12H9ClN4. The van der Waals surface area contributed by atoms with Crippen molar-refractivity contribution in [3.8, 4) is 11.4 Å². The van der Waals surface area contributed by atoms with Gasteiger partial charge in [0.1, 0.15) is 0 Å². The van der Waals surface area contributed by atoms with E-state index in [4.69, 9.17) is 17.3 Å². The minimum absolute atomic E-state index is 0.602. The van der Waals surface area contributed by atoms with Gasteiger partial charge in [0.05, 0.1) is 0 Å². The third-order valence-electron chi connectivity index (χ3n) is 2.50. The molecule has 0 amide bonds. The second kappa shape index (κ2) is 3.75. The zero-order valence-corrected chi connectivity index (χ0v) is 9.59. The van der Waals surface area contributed by atoms with Gasteiger partial charge in [-0.3, -0.25) is 0 Å². The van der Waals surface area contributed by atoms with Crippen molar-refractivity contribution in [2.75, 3.05) is 5.73 Å². The molecule has 0 saturated carbocycles. The van der Waals surface area contributed by atoms with Crippen molar-refractivity contribution >= 4 is 22.9 Å². The van der Waals surface area contributed by atoms with E-state index >= 15 is 0 Å². The second-order valence-electron chi connectivity index (χ2n) is 3.67. The molecule has 0 fully saturated rings. The summed E-state index contributed by atoms with van der Waals surface area (Å²) in [6.07, 6.45) is 1.77. The van der Waals surface area contributed by atoms with Crippen LogP contribution in [-0.4, -0.2) is 14.6 Å². The van der Waals surface area contributed by atoms with Crippen molar-refractivity contribution in [1.82, 2.24) is 14.6 Å². The third-order valence-corrected chi connectivity index (χ3v) is 2.74.